The van der Waals surface area contributed by atoms with Crippen molar-refractivity contribution in [1.82, 2.24) is 0 Å². The second kappa shape index (κ2) is 5.35. The van der Waals surface area contributed by atoms with E-state index in [-0.39, 0.29) is 12.6 Å². The minimum Gasteiger partial charge on any atom is -0.480 e. The third-order valence-electron chi connectivity index (χ3n) is 2.57. The van der Waals surface area contributed by atoms with Crippen LogP contribution >= 0.6 is 0 Å². The summed E-state index contributed by atoms with van der Waals surface area (Å²) in [5.41, 5.74) is 2.14. The normalized spacial score (nSPS) is 10.1. The molecule has 4 nitrogen and oxygen atoms in total. The highest BCUT2D eigenvalue weighted by atomic mass is 16.4. The highest BCUT2D eigenvalue weighted by Crippen LogP contribution is 2.26. The van der Waals surface area contributed by atoms with Crippen LogP contribution in [-0.2, 0) is 4.79 Å². The van der Waals surface area contributed by atoms with Gasteiger partial charge in [-0.05, 0) is 32.4 Å². The molecule has 1 aromatic carbocycles. The van der Waals surface area contributed by atoms with E-state index in [9.17, 15) is 4.79 Å². The van der Waals surface area contributed by atoms with E-state index < -0.39 is 5.97 Å². The lowest BCUT2D eigenvalue weighted by atomic mass is 10.1. The zero-order chi connectivity index (χ0) is 13.0. The van der Waals surface area contributed by atoms with E-state index in [2.05, 4.69) is 6.07 Å². The van der Waals surface area contributed by atoms with E-state index in [4.69, 9.17) is 10.4 Å². The summed E-state index contributed by atoms with van der Waals surface area (Å²) in [6.07, 6.45) is 0. The van der Waals surface area contributed by atoms with Crippen LogP contribution in [-0.4, -0.2) is 23.7 Å². The van der Waals surface area contributed by atoms with Crippen molar-refractivity contribution in [3.8, 4) is 6.07 Å². The third kappa shape index (κ3) is 2.97. The number of nitrogens with zero attached hydrogens (tertiary/aromatic N) is 2. The molecule has 0 fully saturated rings. The molecule has 17 heavy (non-hydrogen) atoms. The van der Waals surface area contributed by atoms with E-state index in [1.54, 1.807) is 17.0 Å². The molecule has 0 heterocycles. The van der Waals surface area contributed by atoms with Gasteiger partial charge < -0.3 is 10.0 Å². The van der Waals surface area contributed by atoms with Gasteiger partial charge in [0.2, 0.25) is 0 Å². The Morgan fingerprint density at radius 2 is 2.18 bits per heavy atom. The monoisotopic (exact) mass is 232 g/mol. The summed E-state index contributed by atoms with van der Waals surface area (Å²) in [7, 11) is 0. The van der Waals surface area contributed by atoms with Crippen molar-refractivity contribution in [2.75, 3.05) is 11.4 Å². The molecule has 0 saturated carbocycles. The first-order chi connectivity index (χ1) is 7.97. The van der Waals surface area contributed by atoms with Crippen LogP contribution in [0, 0.1) is 18.3 Å². The molecule has 0 atom stereocenters. The number of nitriles is 1. The van der Waals surface area contributed by atoms with Crippen LogP contribution in [0.4, 0.5) is 5.69 Å². The maximum atomic E-state index is 10.9. The van der Waals surface area contributed by atoms with Gasteiger partial charge in [-0.15, -0.1) is 0 Å². The summed E-state index contributed by atoms with van der Waals surface area (Å²) in [6.45, 7) is 5.61. The van der Waals surface area contributed by atoms with Gasteiger partial charge in [-0.3, -0.25) is 4.79 Å². The number of carboxylic acids is 1. The SMILES string of the molecule is Cc1cccc(C#N)c1N(CC(=O)O)C(C)C. The highest BCUT2D eigenvalue weighted by molar-refractivity contribution is 5.76. The van der Waals surface area contributed by atoms with Gasteiger partial charge in [0.1, 0.15) is 12.6 Å². The molecule has 90 valence electrons. The minimum atomic E-state index is -0.897. The van der Waals surface area contributed by atoms with Crippen molar-refractivity contribution in [2.45, 2.75) is 26.8 Å². The summed E-state index contributed by atoms with van der Waals surface area (Å²) in [4.78, 5) is 12.6. The van der Waals surface area contributed by atoms with Crippen molar-refractivity contribution in [3.63, 3.8) is 0 Å². The minimum absolute atomic E-state index is 0.0271. The van der Waals surface area contributed by atoms with Gasteiger partial charge in [0.05, 0.1) is 11.3 Å². The number of para-hydroxylation sites is 1. The zero-order valence-corrected chi connectivity index (χ0v) is 10.3. The zero-order valence-electron chi connectivity index (χ0n) is 10.3. The smallest absolute Gasteiger partial charge is 0.323 e. The van der Waals surface area contributed by atoms with Crippen LogP contribution in [0.25, 0.3) is 0 Å². The molecule has 0 aliphatic rings. The average Bonchev–Trinajstić information content (AvgIpc) is 2.25. The molecule has 4 heteroatoms. The molecule has 0 amide bonds. The van der Waals surface area contributed by atoms with Gasteiger partial charge >= 0.3 is 5.97 Å². The Balaban J connectivity index is 3.27. The molecule has 0 saturated heterocycles. The van der Waals surface area contributed by atoms with Crippen molar-refractivity contribution in [1.29, 1.82) is 5.26 Å². The molecule has 0 unspecified atom stereocenters. The predicted octanol–water partition coefficient (Wildman–Crippen LogP) is 2.17. The van der Waals surface area contributed by atoms with Crippen molar-refractivity contribution >= 4 is 11.7 Å². The summed E-state index contributed by atoms with van der Waals surface area (Å²) < 4.78 is 0. The Kier molecular flexibility index (Phi) is 4.11. The van der Waals surface area contributed by atoms with Gasteiger partial charge in [-0.25, -0.2) is 0 Å². The number of carboxylic acid groups (broad SMARTS) is 1. The number of rotatable bonds is 4. The molecule has 0 aliphatic carbocycles. The Bertz CT molecular complexity index is 461. The Morgan fingerprint density at radius 1 is 1.53 bits per heavy atom. The Morgan fingerprint density at radius 3 is 2.65 bits per heavy atom. The van der Waals surface area contributed by atoms with Gasteiger partial charge in [0, 0.05) is 6.04 Å². The van der Waals surface area contributed by atoms with E-state index in [1.165, 1.54) is 0 Å². The molecule has 0 spiro atoms. The number of anilines is 1. The quantitative estimate of drug-likeness (QED) is 0.864. The van der Waals surface area contributed by atoms with Gasteiger partial charge in [0.15, 0.2) is 0 Å². The van der Waals surface area contributed by atoms with Crippen LogP contribution in [0.3, 0.4) is 0 Å². The number of hydrogen-bond donors (Lipinski definition) is 1. The Hall–Kier alpha value is -2.02. The van der Waals surface area contributed by atoms with Crippen LogP contribution in [0.5, 0.6) is 0 Å². The first-order valence-electron chi connectivity index (χ1n) is 5.45. The van der Waals surface area contributed by atoms with Crippen LogP contribution in [0.15, 0.2) is 18.2 Å². The number of hydrogen-bond acceptors (Lipinski definition) is 3. The van der Waals surface area contributed by atoms with Crippen LogP contribution in [0.2, 0.25) is 0 Å². The molecule has 1 aromatic rings. The Labute approximate surface area is 101 Å². The predicted molar refractivity (Wildman–Crippen MR) is 66.0 cm³/mol. The molecule has 0 bridgehead atoms. The fourth-order valence-electron chi connectivity index (χ4n) is 1.80. The lowest BCUT2D eigenvalue weighted by Gasteiger charge is -2.29. The van der Waals surface area contributed by atoms with Crippen LogP contribution in [0.1, 0.15) is 25.0 Å². The largest absolute Gasteiger partial charge is 0.480 e. The topological polar surface area (TPSA) is 64.3 Å². The highest BCUT2D eigenvalue weighted by Gasteiger charge is 2.19. The number of aryl methyl sites for hydroxylation is 1. The lowest BCUT2D eigenvalue weighted by Crippen LogP contribution is -2.36. The van der Waals surface area contributed by atoms with E-state index in [0.29, 0.717) is 11.3 Å². The maximum absolute atomic E-state index is 10.9. The fourth-order valence-corrected chi connectivity index (χ4v) is 1.80. The van der Waals surface area contributed by atoms with E-state index >= 15 is 0 Å². The lowest BCUT2D eigenvalue weighted by molar-refractivity contribution is -0.135. The first kappa shape index (κ1) is 13.0. The van der Waals surface area contributed by atoms with Gasteiger partial charge in [0.25, 0.3) is 0 Å². The van der Waals surface area contributed by atoms with Crippen molar-refractivity contribution in [2.24, 2.45) is 0 Å². The van der Waals surface area contributed by atoms with Gasteiger partial charge in [-0.2, -0.15) is 5.26 Å². The molecule has 1 rings (SSSR count). The maximum Gasteiger partial charge on any atom is 0.323 e. The number of benzene rings is 1. The second-order valence-electron chi connectivity index (χ2n) is 4.20. The number of aliphatic carboxylic acids is 1. The van der Waals surface area contributed by atoms with Gasteiger partial charge in [-0.1, -0.05) is 12.1 Å². The van der Waals surface area contributed by atoms with Crippen molar-refractivity contribution in [3.05, 3.63) is 29.3 Å². The molecular formula is C13H16N2O2. The standard InChI is InChI=1S/C13H16N2O2/c1-9(2)15(8-12(16)17)13-10(3)5-4-6-11(13)7-14/h4-6,9H,8H2,1-3H3,(H,16,17). The average molecular weight is 232 g/mol. The van der Waals surface area contributed by atoms with E-state index in [0.717, 1.165) is 5.56 Å². The first-order valence-corrected chi connectivity index (χ1v) is 5.45. The molecule has 0 radical (unpaired) electrons. The van der Waals surface area contributed by atoms with Crippen molar-refractivity contribution < 1.29 is 9.90 Å². The van der Waals surface area contributed by atoms with E-state index in [1.807, 2.05) is 26.8 Å². The molecule has 0 aliphatic heterocycles. The fraction of sp³-hybridized carbons (Fsp3) is 0.385. The summed E-state index contributed by atoms with van der Waals surface area (Å²) in [5, 5.41) is 18.0. The molecule has 1 N–H and O–H groups in total. The summed E-state index contributed by atoms with van der Waals surface area (Å²) >= 11 is 0. The van der Waals surface area contributed by atoms with Crippen LogP contribution < -0.4 is 4.90 Å². The molecular weight excluding hydrogens is 216 g/mol. The second-order valence-corrected chi connectivity index (χ2v) is 4.20. The molecule has 0 aromatic heterocycles. The number of carbonyl (C=O) groups is 1. The summed E-state index contributed by atoms with van der Waals surface area (Å²) in [6, 6.07) is 7.53. The summed E-state index contributed by atoms with van der Waals surface area (Å²) in [5.74, 6) is -0.897. The third-order valence-corrected chi connectivity index (χ3v) is 2.57.